The molecule has 4 N–H and O–H groups in total. The van der Waals surface area contributed by atoms with Crippen LogP contribution in [-0.2, 0) is 0 Å². The number of nitrogens with zero attached hydrogens (tertiary/aromatic N) is 2. The lowest BCUT2D eigenvalue weighted by Gasteiger charge is -2.37. The van der Waals surface area contributed by atoms with Crippen molar-refractivity contribution in [2.45, 2.75) is 0 Å². The second-order valence-electron chi connectivity index (χ2n) is 4.55. The maximum Gasteiger partial charge on any atom is 0.269 e. The Bertz CT molecular complexity index is 652. The van der Waals surface area contributed by atoms with Crippen molar-refractivity contribution in [3.05, 3.63) is 70.1 Å². The molecule has 0 aliphatic rings. The van der Waals surface area contributed by atoms with Crippen LogP contribution in [0.4, 0.5) is 11.4 Å². The van der Waals surface area contributed by atoms with Gasteiger partial charge < -0.3 is 15.6 Å². The minimum Gasteiger partial charge on any atom is -0.769 e. The van der Waals surface area contributed by atoms with Gasteiger partial charge in [-0.2, -0.15) is 0 Å². The van der Waals surface area contributed by atoms with Crippen LogP contribution >= 0.6 is 0 Å². The normalized spacial score (nSPS) is 10.0. The third-order valence-corrected chi connectivity index (χ3v) is 2.99. The van der Waals surface area contributed by atoms with Gasteiger partial charge in [0.2, 0.25) is 0 Å². The topological polar surface area (TPSA) is 151 Å². The van der Waals surface area contributed by atoms with Crippen LogP contribution in [0.25, 0.3) is 0 Å². The summed E-state index contributed by atoms with van der Waals surface area (Å²) < 4.78 is 0. The lowest BCUT2D eigenvalue weighted by molar-refractivity contribution is 0.0291. The van der Waals surface area contributed by atoms with Crippen LogP contribution in [0.2, 0.25) is 0 Å². The predicted molar refractivity (Wildman–Crippen MR) is 83.1 cm³/mol. The SMILES string of the molecule is O=C(NNC(=O)c1ccc(N(O)O)cc1)c1ccc(N([O-])[O-])cc1. The molecule has 0 saturated carbocycles. The van der Waals surface area contributed by atoms with Crippen LogP contribution in [0.15, 0.2) is 48.5 Å². The fourth-order valence-electron chi connectivity index (χ4n) is 1.74. The monoisotopic (exact) mass is 332 g/mol. The van der Waals surface area contributed by atoms with Gasteiger partial charge in [0.05, 0.1) is 5.69 Å². The van der Waals surface area contributed by atoms with E-state index >= 15 is 0 Å². The van der Waals surface area contributed by atoms with E-state index in [9.17, 15) is 20.0 Å². The minimum atomic E-state index is -0.647. The highest BCUT2D eigenvalue weighted by molar-refractivity contribution is 5.99. The van der Waals surface area contributed by atoms with Crippen LogP contribution < -0.4 is 21.3 Å². The van der Waals surface area contributed by atoms with Crippen molar-refractivity contribution < 1.29 is 20.0 Å². The molecule has 2 aromatic carbocycles. The lowest BCUT2D eigenvalue weighted by atomic mass is 10.2. The van der Waals surface area contributed by atoms with E-state index in [2.05, 4.69) is 10.9 Å². The predicted octanol–water partition coefficient (Wildman–Crippen LogP) is 1.15. The van der Waals surface area contributed by atoms with Gasteiger partial charge in [0, 0.05) is 16.8 Å². The number of hydrazine groups is 1. The Morgan fingerprint density at radius 2 is 1.12 bits per heavy atom. The van der Waals surface area contributed by atoms with Gasteiger partial charge in [-0.1, -0.05) is 0 Å². The second kappa shape index (κ2) is 7.39. The molecule has 0 saturated heterocycles. The van der Waals surface area contributed by atoms with E-state index in [0.29, 0.717) is 0 Å². The van der Waals surface area contributed by atoms with Crippen LogP contribution in [0.1, 0.15) is 20.7 Å². The van der Waals surface area contributed by atoms with Gasteiger partial charge in [0.25, 0.3) is 11.8 Å². The zero-order valence-corrected chi connectivity index (χ0v) is 12.0. The Hall–Kier alpha value is -3.18. The molecule has 10 nitrogen and oxygen atoms in total. The Morgan fingerprint density at radius 1 is 0.750 bits per heavy atom. The minimum absolute atomic E-state index is 0.0569. The summed E-state index contributed by atoms with van der Waals surface area (Å²) in [5, 5.41) is 38.0. The van der Waals surface area contributed by atoms with Gasteiger partial charge in [-0.25, -0.2) is 0 Å². The molecule has 2 amide bonds. The summed E-state index contributed by atoms with van der Waals surface area (Å²) in [7, 11) is 0. The van der Waals surface area contributed by atoms with Gasteiger partial charge >= 0.3 is 0 Å². The molecule has 0 aliphatic carbocycles. The molecule has 0 aromatic heterocycles. The number of benzene rings is 2. The Labute approximate surface area is 135 Å². The van der Waals surface area contributed by atoms with Crippen LogP contribution in [0, 0.1) is 10.4 Å². The largest absolute Gasteiger partial charge is 0.769 e. The fourth-order valence-corrected chi connectivity index (χ4v) is 1.74. The highest BCUT2D eigenvalue weighted by Crippen LogP contribution is 2.13. The van der Waals surface area contributed by atoms with Crippen molar-refractivity contribution in [3.8, 4) is 0 Å². The van der Waals surface area contributed by atoms with Crippen molar-refractivity contribution in [3.63, 3.8) is 0 Å². The summed E-state index contributed by atoms with van der Waals surface area (Å²) in [4.78, 5) is 23.7. The van der Waals surface area contributed by atoms with E-state index in [1.54, 1.807) is 0 Å². The first-order valence-electron chi connectivity index (χ1n) is 6.51. The molecule has 0 radical (unpaired) electrons. The number of carbonyl (C=O) groups excluding carboxylic acids is 2. The summed E-state index contributed by atoms with van der Waals surface area (Å²) in [6.07, 6.45) is 0. The third kappa shape index (κ3) is 4.18. The van der Waals surface area contributed by atoms with E-state index in [0.717, 1.165) is 0 Å². The molecular weight excluding hydrogens is 320 g/mol. The first-order chi connectivity index (χ1) is 11.4. The average molecular weight is 332 g/mol. The number of carbonyl (C=O) groups is 2. The van der Waals surface area contributed by atoms with Gasteiger partial charge in [0.1, 0.15) is 0 Å². The number of nitrogens with one attached hydrogen (secondary N) is 2. The molecule has 126 valence electrons. The van der Waals surface area contributed by atoms with Gasteiger partial charge in [0.15, 0.2) is 0 Å². The van der Waals surface area contributed by atoms with Crippen LogP contribution in [0.3, 0.4) is 0 Å². The fraction of sp³-hybridized carbons (Fsp3) is 0. The molecule has 0 fully saturated rings. The van der Waals surface area contributed by atoms with Crippen LogP contribution in [-0.4, -0.2) is 22.2 Å². The number of hydrogen-bond donors (Lipinski definition) is 4. The summed E-state index contributed by atoms with van der Waals surface area (Å²) in [5.41, 5.74) is 4.54. The summed E-state index contributed by atoms with van der Waals surface area (Å²) >= 11 is 0. The lowest BCUT2D eigenvalue weighted by Crippen LogP contribution is -2.41. The van der Waals surface area contributed by atoms with Crippen molar-refractivity contribution in [1.82, 2.24) is 10.9 Å². The molecule has 0 bridgehead atoms. The molecule has 0 aliphatic heterocycles. The molecule has 0 atom stereocenters. The number of rotatable bonds is 4. The molecule has 0 heterocycles. The maximum atomic E-state index is 11.9. The van der Waals surface area contributed by atoms with Gasteiger partial charge in [-0.05, 0) is 48.5 Å². The van der Waals surface area contributed by atoms with E-state index in [4.69, 9.17) is 10.4 Å². The van der Waals surface area contributed by atoms with E-state index < -0.39 is 17.0 Å². The molecule has 2 aromatic rings. The van der Waals surface area contributed by atoms with E-state index in [1.807, 2.05) is 0 Å². The quantitative estimate of drug-likeness (QED) is 0.608. The van der Waals surface area contributed by atoms with Crippen molar-refractivity contribution in [2.75, 3.05) is 10.5 Å². The molecule has 24 heavy (non-hydrogen) atoms. The summed E-state index contributed by atoms with van der Waals surface area (Å²) in [5.74, 6) is -1.27. The summed E-state index contributed by atoms with van der Waals surface area (Å²) in [6.45, 7) is 0. The highest BCUT2D eigenvalue weighted by Gasteiger charge is 2.09. The molecule has 10 heteroatoms. The first-order valence-corrected chi connectivity index (χ1v) is 6.51. The third-order valence-electron chi connectivity index (χ3n) is 2.99. The number of hydrogen-bond acceptors (Lipinski definition) is 8. The smallest absolute Gasteiger partial charge is 0.269 e. The van der Waals surface area contributed by atoms with Crippen LogP contribution in [0.5, 0.6) is 0 Å². The number of amides is 2. The Balaban J connectivity index is 1.94. The van der Waals surface area contributed by atoms with Crippen molar-refractivity contribution in [1.29, 1.82) is 0 Å². The van der Waals surface area contributed by atoms with E-state index in [-0.39, 0.29) is 27.7 Å². The van der Waals surface area contributed by atoms with Gasteiger partial charge in [-0.3, -0.25) is 30.9 Å². The Kier molecular flexibility index (Phi) is 5.29. The molecule has 2 rings (SSSR count). The average Bonchev–Trinajstić information content (AvgIpc) is 2.59. The highest BCUT2D eigenvalue weighted by atomic mass is 16.8. The first kappa shape index (κ1) is 17.2. The molecular formula is C14H12N4O6-2. The summed E-state index contributed by atoms with van der Waals surface area (Å²) in [6, 6.07) is 10.1. The zero-order chi connectivity index (χ0) is 17.7. The standard InChI is InChI=1S/C14H12N4O6/c19-13(9-1-5-11(6-2-9)17(21)22)15-16-14(20)10-3-7-12(8-4-10)18(23)24/h1-8,21-22H,(H,15,19)(H,16,20)/q-2. The van der Waals surface area contributed by atoms with E-state index in [1.165, 1.54) is 48.5 Å². The Morgan fingerprint density at radius 3 is 1.46 bits per heavy atom. The molecule has 0 unspecified atom stereocenters. The molecule has 0 spiro atoms. The maximum absolute atomic E-state index is 11.9. The number of anilines is 2. The van der Waals surface area contributed by atoms with Crippen molar-refractivity contribution in [2.24, 2.45) is 0 Å². The zero-order valence-electron chi connectivity index (χ0n) is 12.0. The van der Waals surface area contributed by atoms with Crippen molar-refractivity contribution >= 4 is 23.2 Å². The van der Waals surface area contributed by atoms with Gasteiger partial charge in [-0.15, -0.1) is 5.23 Å². The second-order valence-corrected chi connectivity index (χ2v) is 4.55.